The van der Waals surface area contributed by atoms with E-state index < -0.39 is 6.10 Å². The average molecular weight is 323 g/mol. The van der Waals surface area contributed by atoms with Crippen molar-refractivity contribution in [3.05, 3.63) is 35.1 Å². The first kappa shape index (κ1) is 17.9. The molecule has 1 unspecified atom stereocenters. The van der Waals surface area contributed by atoms with Crippen LogP contribution in [0.25, 0.3) is 0 Å². The van der Waals surface area contributed by atoms with Crippen LogP contribution in [0.5, 0.6) is 0 Å². The lowest BCUT2D eigenvalue weighted by molar-refractivity contribution is -0.144. The smallest absolute Gasteiger partial charge is 0.306 e. The van der Waals surface area contributed by atoms with Gasteiger partial charge in [-0.3, -0.25) is 4.79 Å². The molecule has 0 aromatic heterocycles. The highest BCUT2D eigenvalue weighted by molar-refractivity contribution is 5.69. The summed E-state index contributed by atoms with van der Waals surface area (Å²) in [5.41, 5.74) is 1.55. The molecule has 0 spiro atoms. The van der Waals surface area contributed by atoms with E-state index in [1.807, 2.05) is 13.8 Å². The first-order valence-electron chi connectivity index (χ1n) is 8.31. The van der Waals surface area contributed by atoms with Gasteiger partial charge in [-0.15, -0.1) is 0 Å². The molecule has 5 heteroatoms. The van der Waals surface area contributed by atoms with E-state index in [1.54, 1.807) is 6.07 Å². The van der Waals surface area contributed by atoms with Crippen molar-refractivity contribution in [2.75, 3.05) is 26.2 Å². The van der Waals surface area contributed by atoms with Crippen LogP contribution in [0.1, 0.15) is 43.4 Å². The maximum atomic E-state index is 13.1. The van der Waals surface area contributed by atoms with Crippen LogP contribution in [0.4, 0.5) is 4.39 Å². The zero-order chi connectivity index (χ0) is 16.8. The minimum atomic E-state index is -0.614. The van der Waals surface area contributed by atoms with Crippen LogP contribution in [-0.2, 0) is 9.53 Å². The standard InChI is InChI=1S/C18H26FNO3/c1-3-23-18(22)11-14-6-8-20(9-7-14)12-17(21)16-5-4-15(19)10-13(16)2/h4-5,10,14,17,21H,3,6-9,11-12H2,1-2H3. The van der Waals surface area contributed by atoms with Gasteiger partial charge >= 0.3 is 5.97 Å². The molecule has 1 N–H and O–H groups in total. The summed E-state index contributed by atoms with van der Waals surface area (Å²) in [5, 5.41) is 10.4. The molecule has 1 fully saturated rings. The Morgan fingerprint density at radius 1 is 1.43 bits per heavy atom. The Balaban J connectivity index is 1.80. The summed E-state index contributed by atoms with van der Waals surface area (Å²) < 4.78 is 18.1. The molecular formula is C18H26FNO3. The van der Waals surface area contributed by atoms with Crippen molar-refractivity contribution in [2.24, 2.45) is 5.92 Å². The van der Waals surface area contributed by atoms with Gasteiger partial charge in [0.15, 0.2) is 0 Å². The van der Waals surface area contributed by atoms with Crippen molar-refractivity contribution in [3.8, 4) is 0 Å². The highest BCUT2D eigenvalue weighted by atomic mass is 19.1. The van der Waals surface area contributed by atoms with Crippen molar-refractivity contribution in [1.82, 2.24) is 4.90 Å². The Morgan fingerprint density at radius 2 is 2.13 bits per heavy atom. The number of halogens is 1. The number of nitrogens with zero attached hydrogens (tertiary/aromatic N) is 1. The molecule has 1 atom stereocenters. The molecular weight excluding hydrogens is 297 g/mol. The zero-order valence-electron chi connectivity index (χ0n) is 13.9. The predicted octanol–water partition coefficient (Wildman–Crippen LogP) is 2.83. The predicted molar refractivity (Wildman–Crippen MR) is 86.5 cm³/mol. The Kier molecular flexibility index (Phi) is 6.54. The topological polar surface area (TPSA) is 49.8 Å². The number of esters is 1. The van der Waals surface area contributed by atoms with Crippen molar-refractivity contribution in [2.45, 2.75) is 39.2 Å². The van der Waals surface area contributed by atoms with Gasteiger partial charge in [-0.05, 0) is 69.0 Å². The lowest BCUT2D eigenvalue weighted by Crippen LogP contribution is -2.37. The molecule has 0 bridgehead atoms. The number of aliphatic hydroxyl groups is 1. The third kappa shape index (κ3) is 5.29. The normalized spacial score (nSPS) is 17.9. The second-order valence-corrected chi connectivity index (χ2v) is 6.27. The fourth-order valence-electron chi connectivity index (χ4n) is 3.18. The molecule has 0 aliphatic carbocycles. The SMILES string of the molecule is CCOC(=O)CC1CCN(CC(O)c2ccc(F)cc2C)CC1. The molecule has 1 heterocycles. The van der Waals surface area contributed by atoms with Gasteiger partial charge in [-0.1, -0.05) is 6.07 Å². The third-order valence-corrected chi connectivity index (χ3v) is 4.49. The van der Waals surface area contributed by atoms with Crippen molar-refractivity contribution in [3.63, 3.8) is 0 Å². The number of rotatable bonds is 6. The van der Waals surface area contributed by atoms with E-state index in [0.29, 0.717) is 25.5 Å². The number of ether oxygens (including phenoxy) is 1. The average Bonchev–Trinajstić information content (AvgIpc) is 2.49. The van der Waals surface area contributed by atoms with E-state index in [4.69, 9.17) is 4.74 Å². The highest BCUT2D eigenvalue weighted by Gasteiger charge is 2.24. The summed E-state index contributed by atoms with van der Waals surface area (Å²) in [7, 11) is 0. The molecule has 0 saturated carbocycles. The van der Waals surface area contributed by atoms with Gasteiger partial charge in [0, 0.05) is 13.0 Å². The number of likely N-dealkylation sites (tertiary alicyclic amines) is 1. The van der Waals surface area contributed by atoms with Crippen molar-refractivity contribution in [1.29, 1.82) is 0 Å². The van der Waals surface area contributed by atoms with Crippen LogP contribution in [0.15, 0.2) is 18.2 Å². The summed E-state index contributed by atoms with van der Waals surface area (Å²) in [6, 6.07) is 4.49. The first-order chi connectivity index (χ1) is 11.0. The molecule has 2 rings (SSSR count). The van der Waals surface area contributed by atoms with Gasteiger partial charge in [-0.25, -0.2) is 4.39 Å². The minimum absolute atomic E-state index is 0.118. The molecule has 1 aromatic carbocycles. The number of carbonyl (C=O) groups excluding carboxylic acids is 1. The molecule has 1 aromatic rings. The first-order valence-corrected chi connectivity index (χ1v) is 8.31. The van der Waals surface area contributed by atoms with Crippen LogP contribution in [0, 0.1) is 18.7 Å². The van der Waals surface area contributed by atoms with Crippen LogP contribution in [0.2, 0.25) is 0 Å². The quantitative estimate of drug-likeness (QED) is 0.818. The monoisotopic (exact) mass is 323 g/mol. The van der Waals surface area contributed by atoms with Gasteiger partial charge in [0.05, 0.1) is 12.7 Å². The second kappa shape index (κ2) is 8.41. The number of hydrogen-bond donors (Lipinski definition) is 1. The van der Waals surface area contributed by atoms with Gasteiger partial charge in [0.25, 0.3) is 0 Å². The summed E-state index contributed by atoms with van der Waals surface area (Å²) >= 11 is 0. The number of aliphatic hydroxyl groups excluding tert-OH is 1. The minimum Gasteiger partial charge on any atom is -0.466 e. The number of β-amino-alcohol motifs (C(OH)–C–C–N with tert-alkyl or cyclic N) is 1. The Morgan fingerprint density at radius 3 is 2.74 bits per heavy atom. The van der Waals surface area contributed by atoms with E-state index in [1.165, 1.54) is 12.1 Å². The molecule has 1 saturated heterocycles. The maximum absolute atomic E-state index is 13.1. The summed E-state index contributed by atoms with van der Waals surface area (Å²) in [6.45, 7) is 6.33. The number of piperidine rings is 1. The molecule has 1 aliphatic rings. The van der Waals surface area contributed by atoms with E-state index >= 15 is 0 Å². The summed E-state index contributed by atoms with van der Waals surface area (Å²) in [4.78, 5) is 13.7. The molecule has 1 aliphatic heterocycles. The second-order valence-electron chi connectivity index (χ2n) is 6.27. The van der Waals surface area contributed by atoms with Gasteiger partial charge in [0.1, 0.15) is 5.82 Å². The largest absolute Gasteiger partial charge is 0.466 e. The number of aryl methyl sites for hydroxylation is 1. The molecule has 0 amide bonds. The fraction of sp³-hybridized carbons (Fsp3) is 0.611. The highest BCUT2D eigenvalue weighted by Crippen LogP contribution is 2.24. The Labute approximate surface area is 137 Å². The van der Waals surface area contributed by atoms with Crippen molar-refractivity contribution >= 4 is 5.97 Å². The van der Waals surface area contributed by atoms with Crippen LogP contribution < -0.4 is 0 Å². The van der Waals surface area contributed by atoms with Gasteiger partial charge in [-0.2, -0.15) is 0 Å². The third-order valence-electron chi connectivity index (χ3n) is 4.49. The molecule has 4 nitrogen and oxygen atoms in total. The summed E-state index contributed by atoms with van der Waals surface area (Å²) in [6.07, 6.45) is 1.75. The van der Waals surface area contributed by atoms with E-state index in [9.17, 15) is 14.3 Å². The molecule has 23 heavy (non-hydrogen) atoms. The number of hydrogen-bond acceptors (Lipinski definition) is 4. The summed E-state index contributed by atoms with van der Waals surface area (Å²) in [5.74, 6) is -0.0267. The molecule has 128 valence electrons. The fourth-order valence-corrected chi connectivity index (χ4v) is 3.18. The van der Waals surface area contributed by atoms with Crippen LogP contribution >= 0.6 is 0 Å². The lowest BCUT2D eigenvalue weighted by atomic mass is 9.93. The maximum Gasteiger partial charge on any atom is 0.306 e. The van der Waals surface area contributed by atoms with Crippen LogP contribution in [-0.4, -0.2) is 42.2 Å². The number of carbonyl (C=O) groups is 1. The van der Waals surface area contributed by atoms with E-state index in [2.05, 4.69) is 4.90 Å². The van der Waals surface area contributed by atoms with Crippen molar-refractivity contribution < 1.29 is 19.0 Å². The van der Waals surface area contributed by atoms with E-state index in [-0.39, 0.29) is 11.8 Å². The molecule has 0 radical (unpaired) electrons. The Hall–Kier alpha value is -1.46. The van der Waals surface area contributed by atoms with E-state index in [0.717, 1.165) is 37.1 Å². The lowest BCUT2D eigenvalue weighted by Gasteiger charge is -2.33. The zero-order valence-corrected chi connectivity index (χ0v) is 13.9. The van der Waals surface area contributed by atoms with Crippen LogP contribution in [0.3, 0.4) is 0 Å². The Bertz CT molecular complexity index is 527. The van der Waals surface area contributed by atoms with Gasteiger partial charge in [0.2, 0.25) is 0 Å². The van der Waals surface area contributed by atoms with Gasteiger partial charge < -0.3 is 14.7 Å². The number of benzene rings is 1.